The summed E-state index contributed by atoms with van der Waals surface area (Å²) in [4.78, 5) is 10.2. The first-order valence-electron chi connectivity index (χ1n) is 18.5. The zero-order chi connectivity index (χ0) is 37.6. The van der Waals surface area contributed by atoms with Crippen molar-refractivity contribution in [2.24, 2.45) is 5.92 Å². The molecule has 5 rings (SSSR count). The SMILES string of the molecule is CC(C)(C)[S@@+]([O-])NC(c1cccc(-c2ccc3cnn(-c4cccc(CO[Si](C)(C)C(C)(C)C)n4)c3c2)n1)C1CCC(O[Si](C)(C)C(C)(C)C)C1. The van der Waals surface area contributed by atoms with E-state index in [0.29, 0.717) is 6.61 Å². The van der Waals surface area contributed by atoms with Crippen molar-refractivity contribution >= 4 is 38.9 Å². The van der Waals surface area contributed by atoms with Gasteiger partial charge in [0.2, 0.25) is 0 Å². The summed E-state index contributed by atoms with van der Waals surface area (Å²) in [6, 6.07) is 18.4. The molecule has 1 fully saturated rings. The molecule has 1 aromatic carbocycles. The van der Waals surface area contributed by atoms with Crippen LogP contribution in [-0.2, 0) is 26.8 Å². The Morgan fingerprint density at radius 1 is 0.882 bits per heavy atom. The Kier molecular flexibility index (Phi) is 11.6. The minimum Gasteiger partial charge on any atom is -0.598 e. The lowest BCUT2D eigenvalue weighted by molar-refractivity contribution is 0.179. The van der Waals surface area contributed by atoms with Gasteiger partial charge < -0.3 is 13.4 Å². The Hall–Kier alpha value is -2.39. The van der Waals surface area contributed by atoms with E-state index in [9.17, 15) is 4.55 Å². The first-order valence-corrected chi connectivity index (χ1v) is 25.4. The van der Waals surface area contributed by atoms with Gasteiger partial charge in [-0.05, 0) is 113 Å². The second-order valence-corrected chi connectivity index (χ2v) is 29.9. The van der Waals surface area contributed by atoms with Gasteiger partial charge in [-0.25, -0.2) is 9.67 Å². The third-order valence-electron chi connectivity index (χ3n) is 11.3. The molecule has 0 aliphatic heterocycles. The van der Waals surface area contributed by atoms with Crippen LogP contribution in [0.5, 0.6) is 0 Å². The Morgan fingerprint density at radius 3 is 2.24 bits per heavy atom. The third-order valence-corrected chi connectivity index (χ3v) is 21.9. The summed E-state index contributed by atoms with van der Waals surface area (Å²) in [5.41, 5.74) is 4.62. The highest BCUT2D eigenvalue weighted by atomic mass is 32.2. The molecule has 1 saturated carbocycles. The molecule has 1 aliphatic carbocycles. The van der Waals surface area contributed by atoms with Gasteiger partial charge in [0.15, 0.2) is 22.5 Å². The van der Waals surface area contributed by atoms with E-state index in [1.54, 1.807) is 0 Å². The molecular formula is C40H61N5O3SSi2. The Balaban J connectivity index is 1.43. The molecule has 1 N–H and O–H groups in total. The van der Waals surface area contributed by atoms with Gasteiger partial charge in [0, 0.05) is 28.4 Å². The van der Waals surface area contributed by atoms with Gasteiger partial charge >= 0.3 is 0 Å². The van der Waals surface area contributed by atoms with Crippen LogP contribution in [0.3, 0.4) is 0 Å². The molecule has 8 nitrogen and oxygen atoms in total. The van der Waals surface area contributed by atoms with Gasteiger partial charge in [0.1, 0.15) is 4.75 Å². The van der Waals surface area contributed by atoms with Gasteiger partial charge in [-0.3, -0.25) is 4.98 Å². The van der Waals surface area contributed by atoms with E-state index in [1.165, 1.54) is 0 Å². The largest absolute Gasteiger partial charge is 0.598 e. The third kappa shape index (κ3) is 9.23. The molecule has 0 spiro atoms. The van der Waals surface area contributed by atoms with Crippen molar-refractivity contribution in [3.05, 3.63) is 72.2 Å². The molecule has 0 bridgehead atoms. The van der Waals surface area contributed by atoms with Crippen LogP contribution < -0.4 is 4.72 Å². The number of rotatable bonds is 11. The van der Waals surface area contributed by atoms with Gasteiger partial charge in [0.05, 0.1) is 41.4 Å². The highest BCUT2D eigenvalue weighted by molar-refractivity contribution is 7.90. The van der Waals surface area contributed by atoms with E-state index in [4.69, 9.17) is 23.9 Å². The molecule has 1 aliphatic rings. The summed E-state index contributed by atoms with van der Waals surface area (Å²) in [6.07, 6.45) is 5.03. The maximum atomic E-state index is 13.6. The van der Waals surface area contributed by atoms with E-state index in [-0.39, 0.29) is 28.1 Å². The molecular weight excluding hydrogens is 687 g/mol. The van der Waals surface area contributed by atoms with E-state index in [2.05, 4.69) is 109 Å². The summed E-state index contributed by atoms with van der Waals surface area (Å²) >= 11 is -1.26. The smallest absolute Gasteiger partial charge is 0.192 e. The zero-order valence-corrected chi connectivity index (χ0v) is 36.1. The molecule has 3 heterocycles. The van der Waals surface area contributed by atoms with Crippen molar-refractivity contribution < 1.29 is 13.4 Å². The highest BCUT2D eigenvalue weighted by Crippen LogP contribution is 2.43. The first kappa shape index (κ1) is 39.8. The Morgan fingerprint density at radius 2 is 1.57 bits per heavy atom. The van der Waals surface area contributed by atoms with Crippen LogP contribution in [-0.4, -0.2) is 51.8 Å². The number of aromatic nitrogens is 4. The molecule has 4 aromatic rings. The lowest BCUT2D eigenvalue weighted by Gasteiger charge is -2.38. The molecule has 11 heteroatoms. The maximum Gasteiger partial charge on any atom is 0.192 e. The Labute approximate surface area is 312 Å². The van der Waals surface area contributed by atoms with Crippen molar-refractivity contribution in [3.8, 4) is 17.1 Å². The van der Waals surface area contributed by atoms with Crippen LogP contribution in [0.1, 0.15) is 99.0 Å². The molecule has 278 valence electrons. The van der Waals surface area contributed by atoms with Crippen molar-refractivity contribution in [1.82, 2.24) is 24.5 Å². The van der Waals surface area contributed by atoms with Crippen LogP contribution in [0.4, 0.5) is 0 Å². The summed E-state index contributed by atoms with van der Waals surface area (Å²) in [7, 11) is -3.83. The number of hydrogen-bond acceptors (Lipinski definition) is 7. The fourth-order valence-electron chi connectivity index (χ4n) is 5.95. The lowest BCUT2D eigenvalue weighted by atomic mass is 9.95. The monoisotopic (exact) mass is 747 g/mol. The maximum absolute atomic E-state index is 13.6. The number of benzene rings is 1. The molecule has 0 amide bonds. The number of nitrogens with zero attached hydrogens (tertiary/aromatic N) is 4. The van der Waals surface area contributed by atoms with Crippen molar-refractivity contribution in [1.29, 1.82) is 0 Å². The molecule has 4 atom stereocenters. The fourth-order valence-corrected chi connectivity index (χ4v) is 9.19. The van der Waals surface area contributed by atoms with E-state index in [0.717, 1.165) is 58.6 Å². The average molecular weight is 748 g/mol. The number of pyridine rings is 2. The van der Waals surface area contributed by atoms with Gasteiger partial charge in [0.25, 0.3) is 0 Å². The normalized spacial score (nSPS) is 19.1. The molecule has 51 heavy (non-hydrogen) atoms. The minimum atomic E-state index is -1.92. The van der Waals surface area contributed by atoms with Crippen LogP contribution in [0, 0.1) is 5.92 Å². The van der Waals surface area contributed by atoms with Crippen LogP contribution in [0.2, 0.25) is 36.3 Å². The summed E-state index contributed by atoms with van der Waals surface area (Å²) in [5.74, 6) is 1.02. The highest BCUT2D eigenvalue weighted by Gasteiger charge is 2.43. The quantitative estimate of drug-likeness (QED) is 0.120. The fraction of sp³-hybridized carbons (Fsp3) is 0.575. The number of hydrogen-bond donors (Lipinski definition) is 1. The molecule has 0 radical (unpaired) electrons. The van der Waals surface area contributed by atoms with Crippen molar-refractivity contribution in [2.75, 3.05) is 0 Å². The molecule has 0 saturated heterocycles. The lowest BCUT2D eigenvalue weighted by Crippen LogP contribution is -2.44. The van der Waals surface area contributed by atoms with E-state index >= 15 is 0 Å². The Bertz CT molecular complexity index is 1810. The molecule has 3 aromatic heterocycles. The molecule has 3 unspecified atom stereocenters. The van der Waals surface area contributed by atoms with Gasteiger partial charge in [-0.15, -0.1) is 4.72 Å². The van der Waals surface area contributed by atoms with Crippen LogP contribution in [0.25, 0.3) is 28.0 Å². The van der Waals surface area contributed by atoms with E-state index in [1.807, 2.05) is 49.8 Å². The minimum absolute atomic E-state index is 0.128. The predicted octanol–water partition coefficient (Wildman–Crippen LogP) is 10.3. The zero-order valence-electron chi connectivity index (χ0n) is 33.3. The number of nitrogens with one attached hydrogen (secondary N) is 1. The standard InChI is InChI=1S/C40H61N5O3SSi2/c1-38(2,3)49(46)44-37(29-22-23-32(24-29)48-51(12,13)40(7,8)9)34-18-15-17-33(43-34)28-20-21-30-26-41-45(35(30)25-28)36-19-14-16-31(42-36)27-47-50(10,11)39(4,5)6/h14-21,25-26,29,32,37,44H,22-24,27H2,1-13H3/t29?,32?,37?,49-/m1/s1. The van der Waals surface area contributed by atoms with Crippen LogP contribution >= 0.6 is 0 Å². The van der Waals surface area contributed by atoms with Gasteiger partial charge in [-0.2, -0.15) is 5.10 Å². The summed E-state index contributed by atoms with van der Waals surface area (Å²) < 4.78 is 31.9. The van der Waals surface area contributed by atoms with Crippen molar-refractivity contribution in [2.45, 2.75) is 141 Å². The summed E-state index contributed by atoms with van der Waals surface area (Å²) in [6.45, 7) is 29.3. The van der Waals surface area contributed by atoms with Crippen LogP contribution in [0.15, 0.2) is 60.8 Å². The predicted molar refractivity (Wildman–Crippen MR) is 217 cm³/mol. The second kappa shape index (κ2) is 14.8. The topological polar surface area (TPSA) is 97.2 Å². The summed E-state index contributed by atoms with van der Waals surface area (Å²) in [5, 5.41) is 6.05. The van der Waals surface area contributed by atoms with Gasteiger partial charge in [-0.1, -0.05) is 65.8 Å². The average Bonchev–Trinajstić information content (AvgIpc) is 3.67. The first-order chi connectivity index (χ1) is 23.6. The second-order valence-electron chi connectivity index (χ2n) is 18.4. The number of fused-ring (bicyclic) bond motifs is 1. The van der Waals surface area contributed by atoms with Crippen molar-refractivity contribution in [3.63, 3.8) is 0 Å². The van der Waals surface area contributed by atoms with E-state index < -0.39 is 32.7 Å².